The quantitative estimate of drug-likeness (QED) is 0.379. The topological polar surface area (TPSA) is 97.5 Å². The van der Waals surface area contributed by atoms with Crippen molar-refractivity contribution < 1.29 is 19.6 Å². The van der Waals surface area contributed by atoms with Crippen molar-refractivity contribution in [2.24, 2.45) is 0 Å². The third-order valence-corrected chi connectivity index (χ3v) is 3.29. The number of nitro benzene ring substituents is 1. The third-order valence-electron chi connectivity index (χ3n) is 3.29. The van der Waals surface area contributed by atoms with Crippen molar-refractivity contribution >= 4 is 29.1 Å². The van der Waals surface area contributed by atoms with Gasteiger partial charge in [-0.1, -0.05) is 30.8 Å². The highest BCUT2D eigenvalue weighted by Crippen LogP contribution is 2.21. The molecule has 6 nitrogen and oxygen atoms in total. The van der Waals surface area contributed by atoms with Crippen molar-refractivity contribution in [3.63, 3.8) is 0 Å². The zero-order valence-electron chi connectivity index (χ0n) is 12.5. The van der Waals surface area contributed by atoms with E-state index in [-0.39, 0.29) is 17.0 Å². The zero-order chi connectivity index (χ0) is 17.7. The van der Waals surface area contributed by atoms with Crippen LogP contribution < -0.4 is 0 Å². The van der Waals surface area contributed by atoms with Gasteiger partial charge in [-0.3, -0.25) is 14.9 Å². The molecule has 0 aliphatic heterocycles. The molecule has 0 aromatic heterocycles. The standard InChI is InChI=1S/C18H13NO5/c1-12(14-7-9-16(10-8-14)19(23)24)18(22)15-5-2-13(3-6-15)4-11-17(20)21/h2-11H,1H2,(H,20,21)/b11-4+. The van der Waals surface area contributed by atoms with Gasteiger partial charge in [0.15, 0.2) is 5.78 Å². The Morgan fingerprint density at radius 3 is 2.04 bits per heavy atom. The summed E-state index contributed by atoms with van der Waals surface area (Å²) < 4.78 is 0. The second kappa shape index (κ2) is 7.15. The fourth-order valence-corrected chi connectivity index (χ4v) is 2.00. The number of carbonyl (C=O) groups is 2. The predicted molar refractivity (Wildman–Crippen MR) is 89.6 cm³/mol. The number of carboxylic acid groups (broad SMARTS) is 1. The van der Waals surface area contributed by atoms with Crippen molar-refractivity contribution in [2.75, 3.05) is 0 Å². The van der Waals surface area contributed by atoms with Crippen LogP contribution in [0.15, 0.2) is 61.2 Å². The first-order valence-corrected chi connectivity index (χ1v) is 6.88. The molecule has 120 valence electrons. The summed E-state index contributed by atoms with van der Waals surface area (Å²) in [6.45, 7) is 3.75. The number of non-ortho nitro benzene ring substituents is 1. The van der Waals surface area contributed by atoms with Gasteiger partial charge in [0.1, 0.15) is 0 Å². The van der Waals surface area contributed by atoms with Gasteiger partial charge in [-0.15, -0.1) is 0 Å². The Morgan fingerprint density at radius 1 is 1.00 bits per heavy atom. The lowest BCUT2D eigenvalue weighted by molar-refractivity contribution is -0.384. The number of hydrogen-bond donors (Lipinski definition) is 1. The number of rotatable bonds is 6. The molecule has 0 radical (unpaired) electrons. The van der Waals surface area contributed by atoms with Gasteiger partial charge >= 0.3 is 5.97 Å². The van der Waals surface area contributed by atoms with Gasteiger partial charge in [0.25, 0.3) is 5.69 Å². The molecule has 0 saturated carbocycles. The van der Waals surface area contributed by atoms with E-state index in [9.17, 15) is 19.7 Å². The number of benzene rings is 2. The molecule has 2 aromatic rings. The summed E-state index contributed by atoms with van der Waals surface area (Å²) in [7, 11) is 0. The van der Waals surface area contributed by atoms with Crippen LogP contribution in [0, 0.1) is 10.1 Å². The minimum absolute atomic E-state index is 0.0615. The molecule has 0 unspecified atom stereocenters. The molecule has 0 aliphatic carbocycles. The highest BCUT2D eigenvalue weighted by atomic mass is 16.6. The van der Waals surface area contributed by atoms with Crippen LogP contribution in [0.3, 0.4) is 0 Å². The number of ketones is 1. The fraction of sp³-hybridized carbons (Fsp3) is 0. The maximum absolute atomic E-state index is 12.4. The van der Waals surface area contributed by atoms with Gasteiger partial charge in [0.05, 0.1) is 4.92 Å². The van der Waals surface area contributed by atoms with E-state index in [0.717, 1.165) is 6.08 Å². The van der Waals surface area contributed by atoms with Crippen molar-refractivity contribution in [3.8, 4) is 0 Å². The molecule has 0 aliphatic rings. The summed E-state index contributed by atoms with van der Waals surface area (Å²) in [5, 5.41) is 19.2. The second-order valence-corrected chi connectivity index (χ2v) is 4.91. The van der Waals surface area contributed by atoms with E-state index in [1.807, 2.05) is 0 Å². The molecule has 6 heteroatoms. The van der Waals surface area contributed by atoms with Crippen LogP contribution in [-0.2, 0) is 4.79 Å². The Bertz CT molecular complexity index is 833. The van der Waals surface area contributed by atoms with Gasteiger partial charge in [-0.05, 0) is 29.3 Å². The maximum atomic E-state index is 12.4. The summed E-state index contributed by atoms with van der Waals surface area (Å²) in [6.07, 6.45) is 2.42. The fourth-order valence-electron chi connectivity index (χ4n) is 2.00. The molecule has 0 atom stereocenters. The lowest BCUT2D eigenvalue weighted by Gasteiger charge is -2.05. The number of nitrogens with zero attached hydrogens (tertiary/aromatic N) is 1. The Labute approximate surface area is 137 Å². The number of allylic oxidation sites excluding steroid dienone is 1. The molecule has 0 saturated heterocycles. The van der Waals surface area contributed by atoms with Gasteiger partial charge in [-0.25, -0.2) is 4.79 Å². The SMILES string of the molecule is C=C(C(=O)c1ccc(/C=C/C(=O)O)cc1)c1ccc([N+](=O)[O-])cc1. The smallest absolute Gasteiger partial charge is 0.328 e. The van der Waals surface area contributed by atoms with E-state index >= 15 is 0 Å². The second-order valence-electron chi connectivity index (χ2n) is 4.91. The van der Waals surface area contributed by atoms with Gasteiger partial charge in [0, 0.05) is 29.3 Å². The van der Waals surface area contributed by atoms with Crippen molar-refractivity contribution in [1.29, 1.82) is 0 Å². The Balaban J connectivity index is 2.17. The highest BCUT2D eigenvalue weighted by molar-refractivity contribution is 6.28. The number of hydrogen-bond acceptors (Lipinski definition) is 4. The number of nitro groups is 1. The molecule has 0 bridgehead atoms. The molecule has 0 spiro atoms. The summed E-state index contributed by atoms with van der Waals surface area (Å²) in [5.41, 5.74) is 1.70. The van der Waals surface area contributed by atoms with Gasteiger partial charge in [0.2, 0.25) is 0 Å². The van der Waals surface area contributed by atoms with Crippen LogP contribution in [0.4, 0.5) is 5.69 Å². The summed E-state index contributed by atoms with van der Waals surface area (Å²) in [5.74, 6) is -1.36. The van der Waals surface area contributed by atoms with Gasteiger partial charge in [-0.2, -0.15) is 0 Å². The van der Waals surface area contributed by atoms with E-state index in [4.69, 9.17) is 5.11 Å². The summed E-state index contributed by atoms with van der Waals surface area (Å²) >= 11 is 0. The zero-order valence-corrected chi connectivity index (χ0v) is 12.5. The van der Waals surface area contributed by atoms with E-state index in [2.05, 4.69) is 6.58 Å². The van der Waals surface area contributed by atoms with E-state index in [1.54, 1.807) is 24.3 Å². The average molecular weight is 323 g/mol. The number of carboxylic acids is 1. The van der Waals surface area contributed by atoms with Crippen LogP contribution in [0.5, 0.6) is 0 Å². The molecule has 2 rings (SSSR count). The van der Waals surface area contributed by atoms with E-state index < -0.39 is 10.9 Å². The molecule has 1 N–H and O–H groups in total. The largest absolute Gasteiger partial charge is 0.478 e. The van der Waals surface area contributed by atoms with Crippen molar-refractivity contribution in [2.45, 2.75) is 0 Å². The molecular formula is C18H13NO5. The lowest BCUT2D eigenvalue weighted by atomic mass is 9.97. The lowest BCUT2D eigenvalue weighted by Crippen LogP contribution is -2.02. The van der Waals surface area contributed by atoms with Crippen LogP contribution in [0.2, 0.25) is 0 Å². The normalized spacial score (nSPS) is 10.5. The minimum Gasteiger partial charge on any atom is -0.478 e. The Kier molecular flexibility index (Phi) is 5.01. The maximum Gasteiger partial charge on any atom is 0.328 e. The Hall–Kier alpha value is -3.54. The molecular weight excluding hydrogens is 310 g/mol. The molecule has 0 heterocycles. The van der Waals surface area contributed by atoms with Gasteiger partial charge < -0.3 is 5.11 Å². The van der Waals surface area contributed by atoms with Crippen LogP contribution >= 0.6 is 0 Å². The molecule has 0 fully saturated rings. The predicted octanol–water partition coefficient (Wildman–Crippen LogP) is 3.59. The Morgan fingerprint density at radius 2 is 1.54 bits per heavy atom. The first kappa shape index (κ1) is 16.8. The molecule has 2 aromatic carbocycles. The summed E-state index contributed by atoms with van der Waals surface area (Å²) in [6, 6.07) is 12.0. The van der Waals surface area contributed by atoms with Crippen molar-refractivity contribution in [3.05, 3.63) is 88.0 Å². The van der Waals surface area contributed by atoms with Crippen molar-refractivity contribution in [1.82, 2.24) is 0 Å². The first-order valence-electron chi connectivity index (χ1n) is 6.88. The minimum atomic E-state index is -1.05. The van der Waals surface area contributed by atoms with Crippen LogP contribution in [0.1, 0.15) is 21.5 Å². The van der Waals surface area contributed by atoms with Crippen LogP contribution in [0.25, 0.3) is 11.6 Å². The van der Waals surface area contributed by atoms with E-state index in [1.165, 1.54) is 30.3 Å². The number of aliphatic carboxylic acids is 1. The number of Topliss-reactive ketones (excluding diaryl/α,β-unsaturated/α-hetero) is 1. The van der Waals surface area contributed by atoms with Crippen LogP contribution in [-0.4, -0.2) is 21.8 Å². The number of carbonyl (C=O) groups excluding carboxylic acids is 1. The molecule has 24 heavy (non-hydrogen) atoms. The summed E-state index contributed by atoms with van der Waals surface area (Å²) in [4.78, 5) is 33.0. The highest BCUT2D eigenvalue weighted by Gasteiger charge is 2.13. The third kappa shape index (κ3) is 4.01. The monoisotopic (exact) mass is 323 g/mol. The molecule has 0 amide bonds. The average Bonchev–Trinajstić information content (AvgIpc) is 2.59. The van der Waals surface area contributed by atoms with E-state index in [0.29, 0.717) is 16.7 Å². The first-order chi connectivity index (χ1) is 11.4.